The zero-order chi connectivity index (χ0) is 62.4. The maximum absolute atomic E-state index is 11.2. The van der Waals surface area contributed by atoms with Crippen molar-refractivity contribution in [2.75, 3.05) is 49.4 Å². The zero-order valence-electron chi connectivity index (χ0n) is 56.6. The second-order valence-corrected chi connectivity index (χ2v) is 23.8. The second-order valence-electron chi connectivity index (χ2n) is 22.2. The first kappa shape index (κ1) is 108. The van der Waals surface area contributed by atoms with E-state index in [0.717, 1.165) is 51.4 Å². The van der Waals surface area contributed by atoms with E-state index in [1.165, 1.54) is 231 Å². The molecule has 0 bridgehead atoms. The van der Waals surface area contributed by atoms with E-state index < -0.39 is 0 Å². The molecule has 0 fully saturated rings. The number of unbranched alkanes of at least 4 members (excludes halogenated alkanes) is 36. The Morgan fingerprint density at radius 3 is 0.528 bits per heavy atom. The average Bonchev–Trinajstić information content (AvgIpc) is 3.50. The summed E-state index contributed by atoms with van der Waals surface area (Å²) in [5.74, 6) is 1.64. The monoisotopic (exact) mass is 1560 g/mol. The van der Waals surface area contributed by atoms with E-state index in [1.807, 2.05) is 0 Å². The fourth-order valence-electron chi connectivity index (χ4n) is 8.86. The summed E-state index contributed by atoms with van der Waals surface area (Å²) in [6.07, 6.45) is 75.6. The number of carbonyl (C=O) groups is 4. The molecule has 0 N–H and O–H groups in total. The number of esters is 4. The molecule has 0 saturated heterocycles. The fourth-order valence-corrected chi connectivity index (χ4v) is 9.19. The normalized spacial score (nSPS) is 10.5. The van der Waals surface area contributed by atoms with Crippen LogP contribution in [-0.2, 0) is 88.6 Å². The molecule has 0 saturated carbocycles. The van der Waals surface area contributed by atoms with E-state index in [-0.39, 0.29) is 100 Å². The van der Waals surface area contributed by atoms with Crippen molar-refractivity contribution in [1.82, 2.24) is 0 Å². The molecule has 0 spiro atoms. The van der Waals surface area contributed by atoms with Gasteiger partial charge in [0.25, 0.3) is 0 Å². The van der Waals surface area contributed by atoms with Crippen molar-refractivity contribution in [3.8, 4) is 0 Å². The molecular weight excluding hydrogens is 1410 g/mol. The Labute approximate surface area is 617 Å². The summed E-state index contributed by atoms with van der Waals surface area (Å²) in [6.45, 7) is 10.5. The standard InChI is InChI=1S/4C18H34O2S.2CH4.H2S.2Sn/c4*1-2-3-4-5-6-7-8-9-10-11-12-13-14-15-18(19)20-16-17-21;;;;;/h4*6-7,21H,2-5,8-17H2,1H3;2*1H4;1H2;;/q;;;;;;;2*+2/p-4/b4*7-6+;;;;;. The van der Waals surface area contributed by atoms with Crippen molar-refractivity contribution in [3.63, 3.8) is 0 Å². The van der Waals surface area contributed by atoms with Crippen molar-refractivity contribution in [1.29, 1.82) is 0 Å². The average molecular weight is 1560 g/mol. The van der Waals surface area contributed by atoms with Gasteiger partial charge in [0.2, 0.25) is 0 Å². The summed E-state index contributed by atoms with van der Waals surface area (Å²) in [4.78, 5) is 44.9. The molecule has 0 amide bonds. The van der Waals surface area contributed by atoms with Gasteiger partial charge in [-0.1, -0.05) is 245 Å². The molecule has 4 radical (unpaired) electrons. The quantitative estimate of drug-likeness (QED) is 0.0145. The van der Waals surface area contributed by atoms with Crippen molar-refractivity contribution >= 4 is 136 Å². The van der Waals surface area contributed by atoms with Crippen LogP contribution in [0.2, 0.25) is 0 Å². The zero-order valence-corrected chi connectivity index (χ0v) is 66.6. The van der Waals surface area contributed by atoms with Crippen LogP contribution in [0.4, 0.5) is 0 Å². The summed E-state index contributed by atoms with van der Waals surface area (Å²) >= 11 is 18.9. The van der Waals surface area contributed by atoms with Crippen molar-refractivity contribution < 1.29 is 38.1 Å². The number of rotatable bonds is 60. The third-order valence-corrected chi connectivity index (χ3v) is 14.6. The molecule has 0 aliphatic heterocycles. The predicted molar refractivity (Wildman–Crippen MR) is 409 cm³/mol. The number of hydrogen-bond donors (Lipinski definition) is 0. The van der Waals surface area contributed by atoms with Crippen molar-refractivity contribution in [2.24, 2.45) is 0 Å². The third kappa shape index (κ3) is 113. The van der Waals surface area contributed by atoms with Gasteiger partial charge in [-0.25, -0.2) is 0 Å². The van der Waals surface area contributed by atoms with Crippen molar-refractivity contribution in [2.45, 2.75) is 351 Å². The van der Waals surface area contributed by atoms with Crippen molar-refractivity contribution in [3.05, 3.63) is 48.6 Å². The van der Waals surface area contributed by atoms with Crippen LogP contribution < -0.4 is 0 Å². The minimum atomic E-state index is -0.0898. The van der Waals surface area contributed by atoms with E-state index in [1.54, 1.807) is 0 Å². The molecule has 89 heavy (non-hydrogen) atoms. The van der Waals surface area contributed by atoms with Gasteiger partial charge in [-0.05, 0) is 128 Å². The first-order valence-corrected chi connectivity index (χ1v) is 37.1. The van der Waals surface area contributed by atoms with Gasteiger partial charge >= 0.3 is 71.7 Å². The summed E-state index contributed by atoms with van der Waals surface area (Å²) in [7, 11) is 0. The Balaban J connectivity index is -0.000000134. The molecule has 0 heterocycles. The topological polar surface area (TPSA) is 105 Å². The molecule has 0 rings (SSSR count). The Morgan fingerprint density at radius 1 is 0.247 bits per heavy atom. The molecular formula is C74H142O8S5Sn2. The van der Waals surface area contributed by atoms with Crippen LogP contribution in [0, 0.1) is 0 Å². The molecule has 0 aromatic carbocycles. The second kappa shape index (κ2) is 104. The van der Waals surface area contributed by atoms with Gasteiger partial charge in [-0.2, -0.15) is 13.5 Å². The Bertz CT molecular complexity index is 1230. The smallest absolute Gasteiger partial charge is 0.789 e. The van der Waals surface area contributed by atoms with Gasteiger partial charge < -0.3 is 69.5 Å². The summed E-state index contributed by atoms with van der Waals surface area (Å²) < 4.78 is 19.8. The van der Waals surface area contributed by atoms with Crippen LogP contribution in [-0.4, -0.2) is 121 Å². The van der Waals surface area contributed by atoms with Gasteiger partial charge in [0.1, 0.15) is 0 Å². The predicted octanol–water partition coefficient (Wildman–Crippen LogP) is 22.0. The minimum Gasteiger partial charge on any atom is -0.789 e. The maximum atomic E-state index is 11.2. The van der Waals surface area contributed by atoms with Gasteiger partial charge in [-0.15, -0.1) is 23.0 Å². The van der Waals surface area contributed by atoms with Gasteiger partial charge in [0.05, 0.1) is 26.4 Å². The van der Waals surface area contributed by atoms with E-state index in [0.29, 0.717) is 75.1 Å². The van der Waals surface area contributed by atoms with Gasteiger partial charge in [0, 0.05) is 25.7 Å². The van der Waals surface area contributed by atoms with Crippen LogP contribution >= 0.6 is 13.5 Å². The SMILES string of the molecule is C.C.CCCCC/C=C/CCCCCCCCC(=O)OCC[S-].CCCCC/C=C/CCCCCCCCC(=O)OCC[S-].CCCCC/C=C/CCCCCCCCC(=O)OCC[S-].CCCCC/C=C/CCCCCCCCC(=O)OCC[S-].S.[Sn+2].[Sn+2]. The summed E-state index contributed by atoms with van der Waals surface area (Å²) in [5, 5.41) is 0. The third-order valence-electron chi connectivity index (χ3n) is 14.0. The summed E-state index contributed by atoms with van der Waals surface area (Å²) in [6, 6.07) is 0. The largest absolute Gasteiger partial charge is 2.00 e. The van der Waals surface area contributed by atoms with E-state index >= 15 is 0 Å². The Morgan fingerprint density at radius 2 is 0.382 bits per heavy atom. The molecule has 0 aromatic heterocycles. The first-order chi connectivity index (χ1) is 41.2. The molecule has 0 aliphatic carbocycles. The fraction of sp³-hybridized carbons (Fsp3) is 0.838. The van der Waals surface area contributed by atoms with Gasteiger partial charge in [0.15, 0.2) is 0 Å². The number of carbonyl (C=O) groups excluding carboxylic acids is 4. The molecule has 8 nitrogen and oxygen atoms in total. The molecule has 0 aliphatic rings. The van der Waals surface area contributed by atoms with E-state index in [4.69, 9.17) is 69.5 Å². The van der Waals surface area contributed by atoms with Crippen LogP contribution in [0.25, 0.3) is 0 Å². The molecule has 15 heteroatoms. The molecule has 524 valence electrons. The first-order valence-electron chi connectivity index (χ1n) is 34.8. The van der Waals surface area contributed by atoms with Crippen LogP contribution in [0.15, 0.2) is 48.6 Å². The Hall–Kier alpha value is 0.187. The molecule has 0 aromatic rings. The number of allylic oxidation sites excluding steroid dienone is 8. The minimum absolute atomic E-state index is 0. The Kier molecular flexibility index (Phi) is 126. The number of ether oxygens (including phenoxy) is 4. The van der Waals surface area contributed by atoms with Crippen LogP contribution in [0.1, 0.15) is 351 Å². The number of hydrogen-bond acceptors (Lipinski definition) is 12. The van der Waals surface area contributed by atoms with E-state index in [2.05, 4.69) is 76.3 Å². The van der Waals surface area contributed by atoms with Gasteiger partial charge in [-0.3, -0.25) is 19.2 Å². The van der Waals surface area contributed by atoms with Crippen LogP contribution in [0.3, 0.4) is 0 Å². The molecule has 0 atom stereocenters. The van der Waals surface area contributed by atoms with Crippen LogP contribution in [0.5, 0.6) is 0 Å². The maximum Gasteiger partial charge on any atom is 2.00 e. The molecule has 0 unspecified atom stereocenters. The van der Waals surface area contributed by atoms with E-state index in [9.17, 15) is 19.2 Å². The summed E-state index contributed by atoms with van der Waals surface area (Å²) in [5.41, 5.74) is 0.